The van der Waals surface area contributed by atoms with E-state index in [0.717, 1.165) is 93.6 Å². The fourth-order valence-corrected chi connectivity index (χ4v) is 6.29. The number of aliphatic carboxylic acids is 8. The van der Waals surface area contributed by atoms with Crippen molar-refractivity contribution in [1.82, 2.24) is 4.98 Å². The first-order valence-electron chi connectivity index (χ1n) is 25.0. The standard InChI is InChI=1S/C9H7NO4.C9H10O3.C8H8O3.C7H5BrO3.C7H5NO5.C7H7NO2.C7H6O3.C7H6O2S/c11-9(12)6-3-7-1-4-8(5-2-7)10(13)14;1-2-7-3-4-8(12-7)5-6-9(10)11;1-6-2-3-7(11-6)4-5-8(9)10;8-5-3-4-11-6(5)1-2-7(9)10;9-7(10)4-2-5-1-3-6(13-5)8(11)12;9-7(10)2-1-6-3-4-8-5-6;2*8-7(9)4-3-6-2-1-5-10-6/h1-6H,(H,11,12);3-6H,2H2,1H3,(H,10,11);2-5H,1H3,(H,9,10);1-4H,(H,9,10);1-4H,(H,9,10);1-5,8H,(H,9,10);2*1-5H,(H,8,9)/b6-3+;6-5+;5-4+;2-1+;4-2+;2-1+;2*4-3+. The molecule has 28 nitrogen and oxygen atoms in total. The Kier molecular flexibility index (Phi) is 37.1. The van der Waals surface area contributed by atoms with E-state index in [1.165, 1.54) is 90.7 Å². The number of carbonyl (C=O) groups is 8. The zero-order valence-corrected chi connectivity index (χ0v) is 49.7. The van der Waals surface area contributed by atoms with Crippen LogP contribution in [-0.4, -0.2) is 103 Å². The molecule has 7 heterocycles. The van der Waals surface area contributed by atoms with Gasteiger partial charge in [-0.25, -0.2) is 38.4 Å². The maximum atomic E-state index is 10.3. The quantitative estimate of drug-likeness (QED) is 0.0206. The van der Waals surface area contributed by atoms with E-state index in [4.69, 9.17) is 58.5 Å². The molecule has 0 saturated heterocycles. The zero-order chi connectivity index (χ0) is 68.1. The number of hydrogen-bond acceptors (Lipinski definition) is 18. The number of nitrogens with one attached hydrogen (secondary N) is 1. The third kappa shape index (κ3) is 39.7. The highest BCUT2D eigenvalue weighted by molar-refractivity contribution is 9.10. The van der Waals surface area contributed by atoms with E-state index in [0.29, 0.717) is 28.6 Å². The highest BCUT2D eigenvalue weighted by Gasteiger charge is 2.10. The number of nitro benzene ring substituents is 1. The van der Waals surface area contributed by atoms with Gasteiger partial charge in [0.1, 0.15) is 45.2 Å². The number of non-ortho nitro benzene ring substituents is 1. The largest absolute Gasteiger partial charge is 0.478 e. The van der Waals surface area contributed by atoms with Gasteiger partial charge in [0.05, 0.1) is 28.0 Å². The van der Waals surface area contributed by atoms with Crippen LogP contribution in [-0.2, 0) is 44.8 Å². The van der Waals surface area contributed by atoms with Crippen LogP contribution in [0.5, 0.6) is 0 Å². The molecule has 0 bridgehead atoms. The van der Waals surface area contributed by atoms with Gasteiger partial charge in [0.25, 0.3) is 5.69 Å². The monoisotopic (exact) mass is 1340 g/mol. The van der Waals surface area contributed by atoms with Crippen LogP contribution >= 0.6 is 27.3 Å². The highest BCUT2D eigenvalue weighted by Crippen LogP contribution is 2.19. The molecule has 0 spiro atoms. The van der Waals surface area contributed by atoms with Crippen molar-refractivity contribution in [2.45, 2.75) is 20.3 Å². The maximum Gasteiger partial charge on any atom is 0.433 e. The summed E-state index contributed by atoms with van der Waals surface area (Å²) in [5, 5.41) is 88.3. The number of nitrogens with zero attached hydrogens (tertiary/aromatic N) is 2. The van der Waals surface area contributed by atoms with Gasteiger partial charge in [0, 0.05) is 84.4 Å². The van der Waals surface area contributed by atoms with Gasteiger partial charge in [-0.15, -0.1) is 11.3 Å². The molecule has 0 unspecified atom stereocenters. The van der Waals surface area contributed by atoms with Crippen molar-refractivity contribution in [2.75, 3.05) is 0 Å². The number of hydrogen-bond donors (Lipinski definition) is 9. The van der Waals surface area contributed by atoms with Crippen molar-refractivity contribution < 1.29 is 111 Å². The summed E-state index contributed by atoms with van der Waals surface area (Å²) in [5.74, 6) is -4.40. The molecule has 0 fully saturated rings. The lowest BCUT2D eigenvalue weighted by Gasteiger charge is -1.92. The summed E-state index contributed by atoms with van der Waals surface area (Å²) in [6, 6.07) is 25.8. The molecule has 9 N–H and O–H groups in total. The minimum absolute atomic E-state index is 0.0162. The van der Waals surface area contributed by atoms with Gasteiger partial charge in [-0.1, -0.05) is 13.0 Å². The second-order valence-corrected chi connectivity index (χ2v) is 17.9. The van der Waals surface area contributed by atoms with Crippen LogP contribution in [0.1, 0.15) is 63.2 Å². The van der Waals surface area contributed by atoms with Gasteiger partial charge in [-0.3, -0.25) is 20.2 Å². The Morgan fingerprint density at radius 3 is 1.38 bits per heavy atom. The first-order chi connectivity index (χ1) is 43.1. The Morgan fingerprint density at radius 1 is 0.495 bits per heavy atom. The Labute approximate surface area is 526 Å². The van der Waals surface area contributed by atoms with Gasteiger partial charge >= 0.3 is 53.6 Å². The molecule has 0 aliphatic carbocycles. The lowest BCUT2D eigenvalue weighted by atomic mass is 10.2. The molecule has 8 aromatic rings. The number of thiophene rings is 1. The number of carboxylic acid groups (broad SMARTS) is 8. The molecule has 8 rings (SSSR count). The molecule has 30 heteroatoms. The number of rotatable bonds is 19. The van der Waals surface area contributed by atoms with Gasteiger partial charge in [0.15, 0.2) is 0 Å². The lowest BCUT2D eigenvalue weighted by Crippen LogP contribution is -1.88. The first kappa shape index (κ1) is 76.6. The average molecular weight is 1340 g/mol. The number of aryl methyl sites for hydroxylation is 2. The Bertz CT molecular complexity index is 3680. The summed E-state index contributed by atoms with van der Waals surface area (Å²) < 4.78 is 25.5. The number of aromatic amines is 1. The Hall–Kier alpha value is -12.4. The summed E-state index contributed by atoms with van der Waals surface area (Å²) in [7, 11) is 0. The molecule has 0 radical (unpaired) electrons. The summed E-state index contributed by atoms with van der Waals surface area (Å²) in [5.41, 5.74) is 1.46. The zero-order valence-electron chi connectivity index (χ0n) is 47.3. The summed E-state index contributed by atoms with van der Waals surface area (Å²) in [6.07, 6.45) is 26.6. The normalized spacial score (nSPS) is 10.5. The van der Waals surface area contributed by atoms with E-state index >= 15 is 0 Å². The first-order valence-corrected chi connectivity index (χ1v) is 26.7. The molecular formula is C61H54BrN3O25S. The SMILES string of the molecule is CCc1ccc(/C=C/C(=O)O)o1.Cc1ccc(/C=C/C(=O)O)o1.O=C(O)/C=C/c1cc[nH]c1.O=C(O)/C=C/c1ccc([N+](=O)[O-])cc1.O=C(O)/C=C/c1ccc([N+](=O)[O-])o1.O=C(O)/C=C/c1ccco1.O=C(O)/C=C/c1cccs1.O=C(O)/C=C/c1occc1Br. The van der Waals surface area contributed by atoms with Crippen molar-refractivity contribution in [2.24, 2.45) is 0 Å². The molecule has 7 aromatic heterocycles. The maximum absolute atomic E-state index is 10.3. The number of furan rings is 5. The summed E-state index contributed by atoms with van der Waals surface area (Å²) in [6.45, 7) is 3.78. The van der Waals surface area contributed by atoms with Crippen molar-refractivity contribution in [3.63, 3.8) is 0 Å². The van der Waals surface area contributed by atoms with Gasteiger partial charge in [-0.2, -0.15) is 0 Å². The van der Waals surface area contributed by atoms with Crippen LogP contribution in [0.2, 0.25) is 0 Å². The third-order valence-corrected chi connectivity index (χ3v) is 10.7. The van der Waals surface area contributed by atoms with E-state index in [9.17, 15) is 58.6 Å². The van der Waals surface area contributed by atoms with Crippen LogP contribution < -0.4 is 0 Å². The van der Waals surface area contributed by atoms with E-state index in [1.54, 1.807) is 67.9 Å². The molecule has 1 aromatic carbocycles. The molecule has 91 heavy (non-hydrogen) atoms. The average Bonchev–Trinajstić information content (AvgIpc) is 2.90. The third-order valence-electron chi connectivity index (χ3n) is 9.21. The molecule has 0 amide bonds. The second kappa shape index (κ2) is 44.1. The molecule has 0 aliphatic rings. The fourth-order valence-electron chi connectivity index (χ4n) is 5.34. The van der Waals surface area contributed by atoms with Crippen molar-refractivity contribution in [3.05, 3.63) is 257 Å². The molecule has 0 aliphatic heterocycles. The predicted octanol–water partition coefficient (Wildman–Crippen LogP) is 13.1. The molecular weight excluding hydrogens is 1290 g/mol. The Balaban J connectivity index is 0.000000521. The van der Waals surface area contributed by atoms with Crippen LogP contribution in [0.4, 0.5) is 11.6 Å². The fraction of sp³-hybridized carbons (Fsp3) is 0.0492. The van der Waals surface area contributed by atoms with Crippen molar-refractivity contribution in [3.8, 4) is 0 Å². The van der Waals surface area contributed by atoms with Crippen LogP contribution in [0.25, 0.3) is 48.6 Å². The summed E-state index contributed by atoms with van der Waals surface area (Å²) >= 11 is 4.69. The van der Waals surface area contributed by atoms with Crippen LogP contribution in [0, 0.1) is 27.2 Å². The van der Waals surface area contributed by atoms with Gasteiger partial charge in [-0.05, 0) is 161 Å². The molecule has 0 atom stereocenters. The number of carboxylic acids is 8. The van der Waals surface area contributed by atoms with Gasteiger partial charge < -0.3 is 67.9 Å². The smallest absolute Gasteiger partial charge is 0.433 e. The van der Waals surface area contributed by atoms with Crippen LogP contribution in [0.3, 0.4) is 0 Å². The molecule has 0 saturated carbocycles. The number of nitro groups is 2. The lowest BCUT2D eigenvalue weighted by molar-refractivity contribution is -0.402. The molecule has 476 valence electrons. The highest BCUT2D eigenvalue weighted by atomic mass is 79.9. The van der Waals surface area contributed by atoms with E-state index in [1.807, 2.05) is 30.5 Å². The number of H-pyrrole nitrogens is 1. The van der Waals surface area contributed by atoms with Crippen molar-refractivity contribution >= 4 is 135 Å². The summed E-state index contributed by atoms with van der Waals surface area (Å²) in [4.78, 5) is 103. The van der Waals surface area contributed by atoms with Crippen molar-refractivity contribution in [1.29, 1.82) is 0 Å². The van der Waals surface area contributed by atoms with E-state index in [2.05, 4.69) is 25.3 Å². The van der Waals surface area contributed by atoms with E-state index < -0.39 is 63.5 Å². The minimum Gasteiger partial charge on any atom is -0.478 e. The minimum atomic E-state index is -1.14. The van der Waals surface area contributed by atoms with Crippen LogP contribution in [0.15, 0.2) is 203 Å². The number of benzene rings is 1. The number of halogens is 1. The van der Waals surface area contributed by atoms with Gasteiger partial charge in [0.2, 0.25) is 0 Å². The second-order valence-electron chi connectivity index (χ2n) is 16.1. The Morgan fingerprint density at radius 2 is 0.978 bits per heavy atom. The number of aromatic nitrogens is 1. The predicted molar refractivity (Wildman–Crippen MR) is 334 cm³/mol. The topological polar surface area (TPSA) is 466 Å². The van der Waals surface area contributed by atoms with E-state index in [-0.39, 0.29) is 11.4 Å².